The quantitative estimate of drug-likeness (QED) is 0.707. The molecule has 5 nitrogen and oxygen atoms in total. The summed E-state index contributed by atoms with van der Waals surface area (Å²) in [6.07, 6.45) is 3.46. The number of piperidine rings is 1. The van der Waals surface area contributed by atoms with E-state index in [1.54, 1.807) is 23.2 Å². The largest absolute Gasteiger partial charge is 0.338 e. The predicted molar refractivity (Wildman–Crippen MR) is 106 cm³/mol. The molecule has 0 aliphatic carbocycles. The summed E-state index contributed by atoms with van der Waals surface area (Å²) in [6.45, 7) is 1.21. The van der Waals surface area contributed by atoms with E-state index < -0.39 is 0 Å². The number of anilines is 2. The molecule has 1 saturated heterocycles. The van der Waals surface area contributed by atoms with Gasteiger partial charge in [0.05, 0.1) is 5.69 Å². The van der Waals surface area contributed by atoms with Crippen LogP contribution in [0.5, 0.6) is 0 Å². The minimum Gasteiger partial charge on any atom is -0.338 e. The highest BCUT2D eigenvalue weighted by atomic mass is 19.1. The first-order valence-corrected chi connectivity index (χ1v) is 9.49. The number of rotatable bonds is 4. The maximum absolute atomic E-state index is 13.1. The molecule has 1 aliphatic heterocycles. The Morgan fingerprint density at radius 2 is 1.69 bits per heavy atom. The Bertz CT molecular complexity index is 992. The van der Waals surface area contributed by atoms with Crippen LogP contribution >= 0.6 is 0 Å². The third-order valence-corrected chi connectivity index (χ3v) is 5.00. The highest BCUT2D eigenvalue weighted by Gasteiger charge is 2.26. The predicted octanol–water partition coefficient (Wildman–Crippen LogP) is 4.52. The van der Waals surface area contributed by atoms with Gasteiger partial charge in [-0.2, -0.15) is 0 Å². The van der Waals surface area contributed by atoms with Crippen molar-refractivity contribution in [1.82, 2.24) is 14.9 Å². The summed E-state index contributed by atoms with van der Waals surface area (Å²) in [4.78, 5) is 23.4. The molecular weight excluding hydrogens is 374 g/mol. The number of likely N-dealkylation sites (tertiary alicyclic amines) is 1. The number of carbonyl (C=O) groups excluding carboxylic acids is 1. The first-order chi connectivity index (χ1) is 14.1. The molecule has 2 aromatic carbocycles. The molecule has 1 aliphatic rings. The summed E-state index contributed by atoms with van der Waals surface area (Å²) in [6, 6.07) is 13.4. The van der Waals surface area contributed by atoms with Gasteiger partial charge in [0.2, 0.25) is 5.95 Å². The average Bonchev–Trinajstić information content (AvgIpc) is 2.76. The Morgan fingerprint density at radius 3 is 2.41 bits per heavy atom. The van der Waals surface area contributed by atoms with E-state index in [2.05, 4.69) is 15.3 Å². The molecule has 1 atom stereocenters. The van der Waals surface area contributed by atoms with Gasteiger partial charge in [-0.05, 0) is 67.4 Å². The lowest BCUT2D eigenvalue weighted by Gasteiger charge is -2.32. The average molecular weight is 394 g/mol. The number of hydrogen-bond donors (Lipinski definition) is 1. The number of benzene rings is 2. The zero-order valence-corrected chi connectivity index (χ0v) is 15.7. The van der Waals surface area contributed by atoms with Crippen molar-refractivity contribution in [3.05, 3.63) is 83.7 Å². The van der Waals surface area contributed by atoms with Gasteiger partial charge in [-0.3, -0.25) is 4.79 Å². The van der Waals surface area contributed by atoms with Crippen LogP contribution in [0.4, 0.5) is 20.4 Å². The Labute approximate surface area is 167 Å². The maximum Gasteiger partial charge on any atom is 0.253 e. The molecule has 0 bridgehead atoms. The van der Waals surface area contributed by atoms with Crippen molar-refractivity contribution in [3.63, 3.8) is 0 Å². The van der Waals surface area contributed by atoms with E-state index in [1.807, 2.05) is 6.07 Å². The van der Waals surface area contributed by atoms with Crippen molar-refractivity contribution in [2.75, 3.05) is 18.4 Å². The first kappa shape index (κ1) is 19.0. The fourth-order valence-corrected chi connectivity index (χ4v) is 3.50. The zero-order chi connectivity index (χ0) is 20.2. The van der Waals surface area contributed by atoms with Crippen molar-refractivity contribution in [1.29, 1.82) is 0 Å². The van der Waals surface area contributed by atoms with Gasteiger partial charge in [-0.25, -0.2) is 18.7 Å². The van der Waals surface area contributed by atoms with Gasteiger partial charge >= 0.3 is 0 Å². The fourth-order valence-electron chi connectivity index (χ4n) is 3.50. The molecule has 4 rings (SSSR count). The second kappa shape index (κ2) is 8.34. The molecule has 29 heavy (non-hydrogen) atoms. The third kappa shape index (κ3) is 4.56. The fraction of sp³-hybridized carbons (Fsp3) is 0.227. The number of hydrogen-bond acceptors (Lipinski definition) is 4. The van der Waals surface area contributed by atoms with Crippen LogP contribution in [0, 0.1) is 11.6 Å². The van der Waals surface area contributed by atoms with Crippen molar-refractivity contribution < 1.29 is 13.6 Å². The van der Waals surface area contributed by atoms with E-state index >= 15 is 0 Å². The summed E-state index contributed by atoms with van der Waals surface area (Å²) in [5.41, 5.74) is 2.02. The number of aromatic nitrogens is 2. The molecule has 148 valence electrons. The van der Waals surface area contributed by atoms with Crippen molar-refractivity contribution in [2.24, 2.45) is 0 Å². The van der Waals surface area contributed by atoms with Crippen LogP contribution in [0.15, 0.2) is 60.8 Å². The highest BCUT2D eigenvalue weighted by molar-refractivity contribution is 5.94. The summed E-state index contributed by atoms with van der Waals surface area (Å²) in [5.74, 6) is -0.256. The first-order valence-electron chi connectivity index (χ1n) is 9.49. The van der Waals surface area contributed by atoms with Crippen LogP contribution in [0.3, 0.4) is 0 Å². The minimum absolute atomic E-state index is 0.0879. The molecule has 3 aromatic rings. The Morgan fingerprint density at radius 1 is 1.00 bits per heavy atom. The summed E-state index contributed by atoms with van der Waals surface area (Å²) in [7, 11) is 0. The van der Waals surface area contributed by atoms with Crippen molar-refractivity contribution >= 4 is 17.5 Å². The third-order valence-electron chi connectivity index (χ3n) is 5.00. The number of halogens is 2. The van der Waals surface area contributed by atoms with E-state index in [0.29, 0.717) is 30.3 Å². The van der Waals surface area contributed by atoms with Gasteiger partial charge in [0, 0.05) is 36.5 Å². The van der Waals surface area contributed by atoms with Crippen LogP contribution in [0.2, 0.25) is 0 Å². The molecule has 1 N–H and O–H groups in total. The Balaban J connectivity index is 1.47. The molecule has 7 heteroatoms. The molecule has 1 fully saturated rings. The normalized spacial score (nSPS) is 16.5. The van der Waals surface area contributed by atoms with Crippen LogP contribution in [0.25, 0.3) is 0 Å². The second-order valence-corrected chi connectivity index (χ2v) is 7.03. The van der Waals surface area contributed by atoms with E-state index in [1.165, 1.54) is 36.4 Å². The van der Waals surface area contributed by atoms with E-state index in [0.717, 1.165) is 18.5 Å². The van der Waals surface area contributed by atoms with Crippen LogP contribution in [-0.2, 0) is 0 Å². The van der Waals surface area contributed by atoms with Crippen molar-refractivity contribution in [3.8, 4) is 0 Å². The summed E-state index contributed by atoms with van der Waals surface area (Å²) >= 11 is 0. The molecule has 0 spiro atoms. The van der Waals surface area contributed by atoms with Gasteiger partial charge in [-0.1, -0.05) is 0 Å². The van der Waals surface area contributed by atoms with Gasteiger partial charge in [0.15, 0.2) is 0 Å². The lowest BCUT2D eigenvalue weighted by Crippen LogP contribution is -2.39. The van der Waals surface area contributed by atoms with Gasteiger partial charge in [-0.15, -0.1) is 0 Å². The molecule has 1 aromatic heterocycles. The smallest absolute Gasteiger partial charge is 0.253 e. The number of nitrogens with one attached hydrogen (secondary N) is 1. The van der Waals surface area contributed by atoms with E-state index in [4.69, 9.17) is 0 Å². The van der Waals surface area contributed by atoms with Crippen LogP contribution in [0.1, 0.15) is 34.8 Å². The number of amides is 1. The van der Waals surface area contributed by atoms with Gasteiger partial charge in [0.1, 0.15) is 11.6 Å². The minimum atomic E-state index is -0.361. The van der Waals surface area contributed by atoms with E-state index in [9.17, 15) is 13.6 Å². The molecule has 2 heterocycles. The van der Waals surface area contributed by atoms with Crippen LogP contribution in [-0.4, -0.2) is 33.9 Å². The SMILES string of the molecule is O=C(c1ccc(F)cc1)N1CCCC(c2ccnc(Nc3ccc(F)cc3)n2)C1. The van der Waals surface area contributed by atoms with Crippen molar-refractivity contribution in [2.45, 2.75) is 18.8 Å². The molecule has 1 unspecified atom stereocenters. The van der Waals surface area contributed by atoms with Crippen LogP contribution < -0.4 is 5.32 Å². The standard InChI is InChI=1S/C22H20F2N4O/c23-17-5-3-15(4-6-17)21(29)28-13-1-2-16(14-28)20-11-12-25-22(27-20)26-19-9-7-18(24)8-10-19/h3-12,16H,1-2,13-14H2,(H,25,26,27). The second-order valence-electron chi connectivity index (χ2n) is 7.03. The lowest BCUT2D eigenvalue weighted by molar-refractivity contribution is 0.0706. The monoisotopic (exact) mass is 394 g/mol. The molecule has 0 saturated carbocycles. The topological polar surface area (TPSA) is 58.1 Å². The molecule has 0 radical (unpaired) electrons. The number of carbonyl (C=O) groups is 1. The highest BCUT2D eigenvalue weighted by Crippen LogP contribution is 2.27. The number of nitrogens with zero attached hydrogens (tertiary/aromatic N) is 3. The lowest BCUT2D eigenvalue weighted by atomic mass is 9.94. The van der Waals surface area contributed by atoms with E-state index in [-0.39, 0.29) is 23.5 Å². The summed E-state index contributed by atoms with van der Waals surface area (Å²) in [5, 5.41) is 3.07. The van der Waals surface area contributed by atoms with Gasteiger partial charge < -0.3 is 10.2 Å². The molecule has 1 amide bonds. The van der Waals surface area contributed by atoms with Gasteiger partial charge in [0.25, 0.3) is 5.91 Å². The summed E-state index contributed by atoms with van der Waals surface area (Å²) < 4.78 is 26.2. The Hall–Kier alpha value is -3.35. The zero-order valence-electron chi connectivity index (χ0n) is 15.7. The maximum atomic E-state index is 13.1. The molecular formula is C22H20F2N4O. The Kier molecular flexibility index (Phi) is 5.46.